The number of anilines is 1. The maximum absolute atomic E-state index is 14.3. The Kier molecular flexibility index (Phi) is 7.21. The third kappa shape index (κ3) is 5.78. The molecular formula is C28H27F2N7O3. The van der Waals surface area contributed by atoms with Gasteiger partial charge >= 0.3 is 6.09 Å². The third-order valence-corrected chi connectivity index (χ3v) is 6.21. The molecule has 0 bridgehead atoms. The summed E-state index contributed by atoms with van der Waals surface area (Å²) in [7, 11) is 0. The fourth-order valence-corrected chi connectivity index (χ4v) is 4.30. The van der Waals surface area contributed by atoms with E-state index in [0.717, 1.165) is 30.8 Å². The zero-order chi connectivity index (χ0) is 28.4. The molecule has 4 aromatic rings. The lowest BCUT2D eigenvalue weighted by atomic mass is 10.2. The maximum atomic E-state index is 14.3. The van der Waals surface area contributed by atoms with Gasteiger partial charge in [-0.05, 0) is 51.5 Å². The number of carbonyl (C=O) groups is 1. The van der Waals surface area contributed by atoms with Crippen LogP contribution in [0.4, 0.5) is 19.3 Å². The van der Waals surface area contributed by atoms with E-state index >= 15 is 0 Å². The minimum absolute atomic E-state index is 0.167. The highest BCUT2D eigenvalue weighted by atomic mass is 19.1. The smallest absolute Gasteiger partial charge is 0.410 e. The average Bonchev–Trinajstić information content (AvgIpc) is 3.27. The van der Waals surface area contributed by atoms with Crippen LogP contribution >= 0.6 is 0 Å². The first kappa shape index (κ1) is 26.8. The number of ether oxygens (including phenoxy) is 2. The van der Waals surface area contributed by atoms with Crippen molar-refractivity contribution in [2.45, 2.75) is 32.8 Å². The van der Waals surface area contributed by atoms with Gasteiger partial charge in [-0.15, -0.1) is 0 Å². The number of benzene rings is 2. The van der Waals surface area contributed by atoms with E-state index in [0.29, 0.717) is 36.5 Å². The van der Waals surface area contributed by atoms with Crippen molar-refractivity contribution in [3.05, 3.63) is 66.1 Å². The van der Waals surface area contributed by atoms with Gasteiger partial charge in [0, 0.05) is 32.2 Å². The fourth-order valence-electron chi connectivity index (χ4n) is 4.30. The molecule has 1 fully saturated rings. The van der Waals surface area contributed by atoms with Crippen molar-refractivity contribution in [2.24, 2.45) is 0 Å². The molecule has 0 N–H and O–H groups in total. The summed E-state index contributed by atoms with van der Waals surface area (Å²) in [6.45, 7) is 8.05. The lowest BCUT2D eigenvalue weighted by molar-refractivity contribution is 0.0263. The summed E-state index contributed by atoms with van der Waals surface area (Å²) in [5.41, 5.74) is 0.790. The zero-order valence-corrected chi connectivity index (χ0v) is 22.3. The van der Waals surface area contributed by atoms with Crippen molar-refractivity contribution in [1.82, 2.24) is 24.6 Å². The molecule has 12 heteroatoms. The minimum atomic E-state index is -0.877. The van der Waals surface area contributed by atoms with Gasteiger partial charge in [-0.1, -0.05) is 0 Å². The number of rotatable bonds is 4. The number of nitriles is 1. The van der Waals surface area contributed by atoms with Gasteiger partial charge in [-0.3, -0.25) is 4.98 Å². The van der Waals surface area contributed by atoms with E-state index in [1.807, 2.05) is 27.0 Å². The van der Waals surface area contributed by atoms with Gasteiger partial charge in [-0.2, -0.15) is 10.4 Å². The Hall–Kier alpha value is -4.79. The molecule has 1 amide bonds. The Morgan fingerprint density at radius 3 is 2.60 bits per heavy atom. The Morgan fingerprint density at radius 2 is 1.82 bits per heavy atom. The molecule has 206 valence electrons. The Bertz CT molecular complexity index is 1610. The van der Waals surface area contributed by atoms with Gasteiger partial charge in [0.2, 0.25) is 0 Å². The van der Waals surface area contributed by atoms with Crippen molar-refractivity contribution in [3.63, 3.8) is 0 Å². The SMILES string of the molecule is CC(C)(C)OC(=O)N1CCCN(c2cnn(-c3cnc4ccc(Oc5c(F)ccc(F)c5C#N)cc4n3)c2)CC1. The molecule has 0 radical (unpaired) electrons. The first-order chi connectivity index (χ1) is 19.1. The molecule has 1 aliphatic rings. The first-order valence-corrected chi connectivity index (χ1v) is 12.7. The minimum Gasteiger partial charge on any atom is -0.453 e. The lowest BCUT2D eigenvalue weighted by Gasteiger charge is -2.26. The number of halogens is 2. The van der Waals surface area contributed by atoms with Crippen molar-refractivity contribution >= 4 is 22.8 Å². The molecule has 1 aliphatic heterocycles. The van der Waals surface area contributed by atoms with Crippen LogP contribution in [-0.2, 0) is 4.74 Å². The van der Waals surface area contributed by atoms with E-state index in [1.54, 1.807) is 34.1 Å². The molecule has 2 aromatic carbocycles. The topological polar surface area (TPSA) is 109 Å². The van der Waals surface area contributed by atoms with E-state index in [9.17, 15) is 18.8 Å². The molecule has 40 heavy (non-hydrogen) atoms. The number of carbonyl (C=O) groups excluding carboxylic acids is 1. The summed E-state index contributed by atoms with van der Waals surface area (Å²) in [6.07, 6.45) is 5.60. The molecule has 3 heterocycles. The number of hydrogen-bond donors (Lipinski definition) is 0. The zero-order valence-electron chi connectivity index (χ0n) is 22.3. The number of fused-ring (bicyclic) bond motifs is 1. The van der Waals surface area contributed by atoms with Crippen LogP contribution < -0.4 is 9.64 Å². The van der Waals surface area contributed by atoms with E-state index in [4.69, 9.17) is 9.47 Å². The van der Waals surface area contributed by atoms with Gasteiger partial charge in [0.15, 0.2) is 17.4 Å². The average molecular weight is 548 g/mol. The van der Waals surface area contributed by atoms with Crippen molar-refractivity contribution < 1.29 is 23.0 Å². The molecule has 2 aromatic heterocycles. The Morgan fingerprint density at radius 1 is 1.02 bits per heavy atom. The third-order valence-electron chi connectivity index (χ3n) is 6.21. The summed E-state index contributed by atoms with van der Waals surface area (Å²) >= 11 is 0. The van der Waals surface area contributed by atoms with Crippen LogP contribution in [0.1, 0.15) is 32.8 Å². The van der Waals surface area contributed by atoms with Crippen LogP contribution in [0.25, 0.3) is 16.9 Å². The summed E-state index contributed by atoms with van der Waals surface area (Å²) in [5.74, 6) is -1.62. The van der Waals surface area contributed by atoms with E-state index in [-0.39, 0.29) is 11.8 Å². The number of nitrogens with zero attached hydrogens (tertiary/aromatic N) is 7. The monoisotopic (exact) mass is 547 g/mol. The standard InChI is InChI=1S/C28H27F2N7O3/c1-28(2,3)40-27(38)36-10-4-9-35(11-12-36)18-15-33-37(17-18)25-16-32-23-8-5-19(13-24(23)34-25)39-26-20(14-31)21(29)6-7-22(26)30/h5-8,13,15-17H,4,9-12H2,1-3H3. The summed E-state index contributed by atoms with van der Waals surface area (Å²) in [4.78, 5) is 25.4. The van der Waals surface area contributed by atoms with Crippen LogP contribution in [-0.4, -0.2) is 62.5 Å². The number of aromatic nitrogens is 4. The van der Waals surface area contributed by atoms with E-state index in [2.05, 4.69) is 20.0 Å². The molecule has 0 unspecified atom stereocenters. The van der Waals surface area contributed by atoms with Crippen LogP contribution in [0.5, 0.6) is 11.5 Å². The molecule has 10 nitrogen and oxygen atoms in total. The highest BCUT2D eigenvalue weighted by Crippen LogP contribution is 2.31. The van der Waals surface area contributed by atoms with E-state index in [1.165, 1.54) is 12.1 Å². The van der Waals surface area contributed by atoms with Gasteiger partial charge in [-0.25, -0.2) is 23.2 Å². The molecule has 0 atom stereocenters. The molecule has 1 saturated heterocycles. The largest absolute Gasteiger partial charge is 0.453 e. The summed E-state index contributed by atoms with van der Waals surface area (Å²) in [6, 6.07) is 8.11. The highest BCUT2D eigenvalue weighted by molar-refractivity contribution is 5.76. The van der Waals surface area contributed by atoms with E-state index < -0.39 is 28.5 Å². The summed E-state index contributed by atoms with van der Waals surface area (Å²) < 4.78 is 40.9. The first-order valence-electron chi connectivity index (χ1n) is 12.7. The second-order valence-electron chi connectivity index (χ2n) is 10.3. The molecular weight excluding hydrogens is 520 g/mol. The predicted molar refractivity (Wildman–Crippen MR) is 142 cm³/mol. The van der Waals surface area contributed by atoms with Crippen molar-refractivity contribution in [2.75, 3.05) is 31.1 Å². The molecule has 0 aliphatic carbocycles. The fraction of sp³-hybridized carbons (Fsp3) is 0.321. The van der Waals surface area contributed by atoms with Crippen LogP contribution in [0.15, 0.2) is 48.9 Å². The Balaban J connectivity index is 1.33. The normalized spacial score (nSPS) is 14.1. The van der Waals surface area contributed by atoms with Crippen LogP contribution in [0.3, 0.4) is 0 Å². The quantitative estimate of drug-likeness (QED) is 0.343. The number of hydrogen-bond acceptors (Lipinski definition) is 8. The molecule has 0 saturated carbocycles. The summed E-state index contributed by atoms with van der Waals surface area (Å²) in [5, 5.41) is 13.7. The van der Waals surface area contributed by atoms with Gasteiger partial charge < -0.3 is 19.3 Å². The van der Waals surface area contributed by atoms with Gasteiger partial charge in [0.25, 0.3) is 0 Å². The van der Waals surface area contributed by atoms with Crippen molar-refractivity contribution in [3.8, 4) is 23.4 Å². The van der Waals surface area contributed by atoms with Crippen molar-refractivity contribution in [1.29, 1.82) is 5.26 Å². The second-order valence-corrected chi connectivity index (χ2v) is 10.3. The molecule has 5 rings (SSSR count). The van der Waals surface area contributed by atoms with Gasteiger partial charge in [0.05, 0.1) is 35.3 Å². The highest BCUT2D eigenvalue weighted by Gasteiger charge is 2.25. The predicted octanol–water partition coefficient (Wildman–Crippen LogP) is 5.20. The second kappa shape index (κ2) is 10.8. The van der Waals surface area contributed by atoms with Gasteiger partial charge in [0.1, 0.15) is 28.8 Å². The van der Waals surface area contributed by atoms with Crippen LogP contribution in [0.2, 0.25) is 0 Å². The molecule has 0 spiro atoms. The maximum Gasteiger partial charge on any atom is 0.410 e. The lowest BCUT2D eigenvalue weighted by Crippen LogP contribution is -2.39. The van der Waals surface area contributed by atoms with Crippen LogP contribution in [0, 0.1) is 23.0 Å². The number of amides is 1. The Labute approximate surface area is 229 Å².